The van der Waals surface area contributed by atoms with E-state index >= 15 is 0 Å². The number of nitrogens with zero attached hydrogens (tertiary/aromatic N) is 1. The molecule has 0 radical (unpaired) electrons. The van der Waals surface area contributed by atoms with Crippen molar-refractivity contribution in [3.05, 3.63) is 29.0 Å². The van der Waals surface area contributed by atoms with Gasteiger partial charge in [-0.05, 0) is 24.1 Å². The van der Waals surface area contributed by atoms with Gasteiger partial charge in [-0.1, -0.05) is 18.5 Å². The molecular formula is C10H12ClN3. The number of hydrogen-bond acceptors (Lipinski definition) is 2. The smallest absolute Gasteiger partial charge is 0.138 e. The van der Waals surface area contributed by atoms with Gasteiger partial charge in [0.15, 0.2) is 0 Å². The second-order valence-electron chi connectivity index (χ2n) is 3.40. The Morgan fingerprint density at radius 3 is 3.14 bits per heavy atom. The highest BCUT2D eigenvalue weighted by Crippen LogP contribution is 2.29. The van der Waals surface area contributed by atoms with Gasteiger partial charge in [-0.2, -0.15) is 0 Å². The number of halogens is 1. The van der Waals surface area contributed by atoms with Crippen LogP contribution in [0.1, 0.15) is 18.4 Å². The van der Waals surface area contributed by atoms with Crippen molar-refractivity contribution in [2.45, 2.75) is 12.8 Å². The quantitative estimate of drug-likeness (QED) is 0.798. The van der Waals surface area contributed by atoms with Gasteiger partial charge in [0.05, 0.1) is 5.02 Å². The second-order valence-corrected chi connectivity index (χ2v) is 3.78. The molecular weight excluding hydrogens is 198 g/mol. The van der Waals surface area contributed by atoms with Crippen LogP contribution in [0.2, 0.25) is 5.02 Å². The zero-order valence-corrected chi connectivity index (χ0v) is 8.67. The maximum Gasteiger partial charge on any atom is 0.138 e. The minimum atomic E-state index is 0.245. The summed E-state index contributed by atoms with van der Waals surface area (Å²) in [5, 5.41) is 1.72. The molecule has 2 heterocycles. The van der Waals surface area contributed by atoms with Crippen molar-refractivity contribution in [2.24, 2.45) is 5.73 Å². The highest BCUT2D eigenvalue weighted by molar-refractivity contribution is 6.36. The number of H-pyrrole nitrogens is 1. The average Bonchev–Trinajstić information content (AvgIpc) is 2.66. The van der Waals surface area contributed by atoms with Gasteiger partial charge in [0.2, 0.25) is 0 Å². The van der Waals surface area contributed by atoms with Gasteiger partial charge < -0.3 is 10.7 Å². The number of aromatic nitrogens is 2. The fraction of sp³-hybridized carbons (Fsp3) is 0.300. The third-order valence-corrected chi connectivity index (χ3v) is 2.85. The summed E-state index contributed by atoms with van der Waals surface area (Å²) in [6.45, 7) is 2.62. The van der Waals surface area contributed by atoms with Crippen molar-refractivity contribution in [1.82, 2.24) is 9.97 Å². The molecule has 2 rings (SSSR count). The second kappa shape index (κ2) is 3.59. The summed E-state index contributed by atoms with van der Waals surface area (Å²) in [5.74, 6) is 0.245. The van der Waals surface area contributed by atoms with Crippen molar-refractivity contribution < 1.29 is 0 Å². The number of hydrogen-bond donors (Lipinski definition) is 2. The fourth-order valence-electron chi connectivity index (χ4n) is 1.46. The van der Waals surface area contributed by atoms with E-state index in [1.165, 1.54) is 0 Å². The van der Waals surface area contributed by atoms with Gasteiger partial charge in [-0.15, -0.1) is 0 Å². The Labute approximate surface area is 87.3 Å². The molecule has 4 heteroatoms. The van der Waals surface area contributed by atoms with Gasteiger partial charge in [-0.3, -0.25) is 0 Å². The van der Waals surface area contributed by atoms with Crippen LogP contribution in [-0.4, -0.2) is 16.5 Å². The summed E-state index contributed by atoms with van der Waals surface area (Å²) in [5.41, 5.74) is 7.44. The van der Waals surface area contributed by atoms with Crippen molar-refractivity contribution in [2.75, 3.05) is 6.54 Å². The molecule has 14 heavy (non-hydrogen) atoms. The van der Waals surface area contributed by atoms with E-state index < -0.39 is 0 Å². The van der Waals surface area contributed by atoms with E-state index in [1.807, 2.05) is 19.2 Å². The Balaban J connectivity index is 2.61. The van der Waals surface area contributed by atoms with Gasteiger partial charge in [0.25, 0.3) is 0 Å². The molecule has 0 aliphatic heterocycles. The largest absolute Gasteiger partial charge is 0.346 e. The Morgan fingerprint density at radius 2 is 2.43 bits per heavy atom. The Kier molecular flexibility index (Phi) is 2.44. The minimum Gasteiger partial charge on any atom is -0.346 e. The summed E-state index contributed by atoms with van der Waals surface area (Å²) in [7, 11) is 0. The Bertz CT molecular complexity index is 450. The predicted octanol–water partition coefficient (Wildman–Crippen LogP) is 2.28. The zero-order valence-electron chi connectivity index (χ0n) is 7.92. The lowest BCUT2D eigenvalue weighted by atomic mass is 10.0. The van der Waals surface area contributed by atoms with Crippen LogP contribution in [0.25, 0.3) is 11.0 Å². The van der Waals surface area contributed by atoms with Crippen LogP contribution in [-0.2, 0) is 0 Å². The molecule has 0 aliphatic rings. The summed E-state index contributed by atoms with van der Waals surface area (Å²) >= 11 is 6.24. The standard InChI is InChI=1S/C10H12ClN3/c1-6(4-12)8-5-14-10-7(9(8)11)2-3-13-10/h2-3,5-6H,4,12H2,1H3,(H,13,14). The normalized spacial score (nSPS) is 13.4. The molecule has 1 atom stereocenters. The first-order chi connectivity index (χ1) is 6.74. The van der Waals surface area contributed by atoms with Gasteiger partial charge in [-0.25, -0.2) is 4.98 Å². The lowest BCUT2D eigenvalue weighted by Gasteiger charge is -2.10. The first-order valence-electron chi connectivity index (χ1n) is 4.55. The predicted molar refractivity (Wildman–Crippen MR) is 58.6 cm³/mol. The summed E-state index contributed by atoms with van der Waals surface area (Å²) < 4.78 is 0. The maximum absolute atomic E-state index is 6.24. The van der Waals surface area contributed by atoms with Crippen LogP contribution < -0.4 is 5.73 Å². The van der Waals surface area contributed by atoms with Crippen molar-refractivity contribution >= 4 is 22.6 Å². The number of rotatable bonds is 2. The highest BCUT2D eigenvalue weighted by atomic mass is 35.5. The van der Waals surface area contributed by atoms with Crippen molar-refractivity contribution in [1.29, 1.82) is 0 Å². The van der Waals surface area contributed by atoms with Gasteiger partial charge >= 0.3 is 0 Å². The molecule has 2 aromatic rings. The topological polar surface area (TPSA) is 54.7 Å². The Morgan fingerprint density at radius 1 is 1.64 bits per heavy atom. The molecule has 0 aromatic carbocycles. The summed E-state index contributed by atoms with van der Waals surface area (Å²) in [4.78, 5) is 7.29. The Hall–Kier alpha value is -1.06. The molecule has 0 fully saturated rings. The van der Waals surface area contributed by atoms with Crippen LogP contribution in [0.3, 0.4) is 0 Å². The lowest BCUT2D eigenvalue weighted by molar-refractivity contribution is 0.771. The van der Waals surface area contributed by atoms with E-state index in [9.17, 15) is 0 Å². The zero-order chi connectivity index (χ0) is 10.1. The average molecular weight is 210 g/mol. The number of fused-ring (bicyclic) bond motifs is 1. The van der Waals surface area contributed by atoms with Crippen LogP contribution in [0.5, 0.6) is 0 Å². The van der Waals surface area contributed by atoms with E-state index in [4.69, 9.17) is 17.3 Å². The molecule has 0 aliphatic carbocycles. The van der Waals surface area contributed by atoms with E-state index in [0.717, 1.165) is 21.6 Å². The molecule has 1 unspecified atom stereocenters. The third-order valence-electron chi connectivity index (χ3n) is 2.43. The molecule has 3 nitrogen and oxygen atoms in total. The van der Waals surface area contributed by atoms with Crippen molar-refractivity contribution in [3.63, 3.8) is 0 Å². The monoisotopic (exact) mass is 209 g/mol. The van der Waals surface area contributed by atoms with E-state index in [2.05, 4.69) is 9.97 Å². The van der Waals surface area contributed by atoms with Crippen LogP contribution in [0, 0.1) is 0 Å². The van der Waals surface area contributed by atoms with Crippen LogP contribution in [0.15, 0.2) is 18.5 Å². The molecule has 74 valence electrons. The number of aromatic amines is 1. The minimum absolute atomic E-state index is 0.245. The van der Waals surface area contributed by atoms with E-state index in [1.54, 1.807) is 6.20 Å². The van der Waals surface area contributed by atoms with Gasteiger partial charge in [0, 0.05) is 17.8 Å². The molecule has 2 aromatic heterocycles. The van der Waals surface area contributed by atoms with Gasteiger partial charge in [0.1, 0.15) is 5.65 Å². The summed E-state index contributed by atoms with van der Waals surface area (Å²) in [6, 6.07) is 1.93. The summed E-state index contributed by atoms with van der Waals surface area (Å²) in [6.07, 6.45) is 3.62. The van der Waals surface area contributed by atoms with Crippen molar-refractivity contribution in [3.8, 4) is 0 Å². The first-order valence-corrected chi connectivity index (χ1v) is 4.93. The number of pyridine rings is 1. The van der Waals surface area contributed by atoms with Crippen LogP contribution in [0.4, 0.5) is 0 Å². The fourth-order valence-corrected chi connectivity index (χ4v) is 1.85. The van der Waals surface area contributed by atoms with Crippen LogP contribution >= 0.6 is 11.6 Å². The van der Waals surface area contributed by atoms with E-state index in [0.29, 0.717) is 6.54 Å². The molecule has 0 saturated heterocycles. The number of nitrogens with one attached hydrogen (secondary N) is 1. The lowest BCUT2D eigenvalue weighted by Crippen LogP contribution is -2.09. The SMILES string of the molecule is CC(CN)c1cnc2[nH]ccc2c1Cl. The first kappa shape index (κ1) is 9.49. The molecule has 0 saturated carbocycles. The third kappa shape index (κ3) is 1.38. The van der Waals surface area contributed by atoms with E-state index in [-0.39, 0.29) is 5.92 Å². The molecule has 3 N–H and O–H groups in total. The maximum atomic E-state index is 6.24. The number of nitrogens with two attached hydrogens (primary N) is 1. The molecule has 0 spiro atoms. The molecule has 0 amide bonds. The molecule has 0 bridgehead atoms. The highest BCUT2D eigenvalue weighted by Gasteiger charge is 2.11.